The maximum absolute atomic E-state index is 14.0. The lowest BCUT2D eigenvalue weighted by Gasteiger charge is -2.34. The molecule has 0 saturated carbocycles. The molecule has 1 saturated heterocycles. The van der Waals surface area contributed by atoms with Gasteiger partial charge in [0.15, 0.2) is 5.78 Å². The molecular formula is C29H35F3N6O2. The number of halogens is 3. The molecule has 0 atom stereocenters. The van der Waals surface area contributed by atoms with Crippen molar-refractivity contribution in [2.75, 3.05) is 52.2 Å². The molecule has 0 aliphatic carbocycles. The Hall–Kier alpha value is -3.54. The number of alkyl halides is 3. The lowest BCUT2D eigenvalue weighted by Crippen LogP contribution is -2.45. The number of carbonyl (C=O) groups is 1. The molecule has 0 radical (unpaired) electrons. The average Bonchev–Trinajstić information content (AvgIpc) is 2.90. The molecule has 0 spiro atoms. The number of anilines is 1. The van der Waals surface area contributed by atoms with Crippen molar-refractivity contribution in [3.05, 3.63) is 76.6 Å². The minimum atomic E-state index is -4.51. The summed E-state index contributed by atoms with van der Waals surface area (Å²) < 4.78 is 48.0. The molecule has 214 valence electrons. The van der Waals surface area contributed by atoms with E-state index in [1.165, 1.54) is 12.4 Å². The summed E-state index contributed by atoms with van der Waals surface area (Å²) in [5.74, 6) is 0.939. The summed E-state index contributed by atoms with van der Waals surface area (Å²) in [5, 5.41) is 1.72. The van der Waals surface area contributed by atoms with Gasteiger partial charge in [-0.1, -0.05) is 31.2 Å². The fourth-order valence-electron chi connectivity index (χ4n) is 4.61. The van der Waals surface area contributed by atoms with Crippen LogP contribution in [0.15, 0.2) is 48.8 Å². The highest BCUT2D eigenvalue weighted by Crippen LogP contribution is 2.34. The molecule has 1 aliphatic rings. The van der Waals surface area contributed by atoms with Gasteiger partial charge < -0.3 is 15.1 Å². The van der Waals surface area contributed by atoms with Gasteiger partial charge in [-0.3, -0.25) is 9.69 Å². The molecule has 40 heavy (non-hydrogen) atoms. The molecule has 3 aromatic rings. The summed E-state index contributed by atoms with van der Waals surface area (Å²) in [7, 11) is 3.64. The number of nitrogens with one attached hydrogen (secondary N) is 1. The van der Waals surface area contributed by atoms with E-state index in [1.807, 2.05) is 25.9 Å². The van der Waals surface area contributed by atoms with E-state index in [1.54, 1.807) is 35.3 Å². The van der Waals surface area contributed by atoms with Gasteiger partial charge >= 0.3 is 6.18 Å². The fourth-order valence-corrected chi connectivity index (χ4v) is 4.61. The van der Waals surface area contributed by atoms with Crippen LogP contribution in [0.4, 0.5) is 19.0 Å². The van der Waals surface area contributed by atoms with Crippen LogP contribution in [0.1, 0.15) is 39.5 Å². The van der Waals surface area contributed by atoms with Gasteiger partial charge in [0.25, 0.3) is 0 Å². The van der Waals surface area contributed by atoms with E-state index >= 15 is 0 Å². The van der Waals surface area contributed by atoms with E-state index in [-0.39, 0.29) is 30.2 Å². The van der Waals surface area contributed by atoms with Crippen molar-refractivity contribution < 1.29 is 22.7 Å². The van der Waals surface area contributed by atoms with Crippen molar-refractivity contribution in [1.29, 1.82) is 0 Å². The first-order valence-corrected chi connectivity index (χ1v) is 13.2. The Morgan fingerprint density at radius 1 is 1.02 bits per heavy atom. The molecule has 1 aromatic heterocycles. The minimum absolute atomic E-state index is 0.161. The lowest BCUT2D eigenvalue weighted by atomic mass is 9.97. The summed E-state index contributed by atoms with van der Waals surface area (Å²) in [6, 6.07) is 10.9. The van der Waals surface area contributed by atoms with Gasteiger partial charge in [-0.2, -0.15) is 13.2 Å². The number of carbonyl (C=O) groups excluding carboxylic acids is 1. The number of rotatable bonds is 10. The fraction of sp³-hybridized carbons (Fsp3) is 0.414. The molecule has 1 N–H and O–H groups in total. The van der Waals surface area contributed by atoms with Gasteiger partial charge in [0.2, 0.25) is 5.88 Å². The third-order valence-electron chi connectivity index (χ3n) is 6.86. The summed E-state index contributed by atoms with van der Waals surface area (Å²) >= 11 is 0. The number of hydrazine groups is 1. The number of Topliss-reactive ketones (excluding diaryl/α,β-unsaturated/α-hetero) is 1. The van der Waals surface area contributed by atoms with Gasteiger partial charge in [-0.05, 0) is 42.3 Å². The van der Waals surface area contributed by atoms with Crippen LogP contribution in [-0.2, 0) is 19.1 Å². The Balaban J connectivity index is 1.49. The number of nitrogens with zero attached hydrogens (tertiary/aromatic N) is 5. The van der Waals surface area contributed by atoms with Gasteiger partial charge in [-0.15, -0.1) is 0 Å². The molecule has 2 heterocycles. The normalized spacial score (nSPS) is 14.9. The topological polar surface area (TPSA) is 73.8 Å². The molecule has 2 aromatic carbocycles. The number of piperazine rings is 1. The Kier molecular flexibility index (Phi) is 9.39. The number of ether oxygens (including phenoxy) is 1. The maximum atomic E-state index is 14.0. The molecule has 0 bridgehead atoms. The van der Waals surface area contributed by atoms with Crippen LogP contribution < -0.4 is 10.2 Å². The van der Waals surface area contributed by atoms with Crippen LogP contribution in [0.5, 0.6) is 11.6 Å². The number of aryl methyl sites for hydroxylation is 1. The molecule has 8 nitrogen and oxygen atoms in total. The first-order chi connectivity index (χ1) is 19.0. The van der Waals surface area contributed by atoms with Crippen LogP contribution in [0, 0.1) is 6.92 Å². The van der Waals surface area contributed by atoms with Crippen LogP contribution in [0.3, 0.4) is 0 Å². The predicted molar refractivity (Wildman–Crippen MR) is 147 cm³/mol. The highest BCUT2D eigenvalue weighted by Gasteiger charge is 2.34. The molecule has 0 unspecified atom stereocenters. The van der Waals surface area contributed by atoms with Crippen molar-refractivity contribution in [3.8, 4) is 11.6 Å². The van der Waals surface area contributed by atoms with E-state index in [0.29, 0.717) is 22.7 Å². The standard InChI is InChI=1S/C29H35F3N6O2/c1-5-37-10-12-38(13-11-37)18-23-9-7-21(14-24(23)29(30,31)32)15-25(39)22-8-6-20(2)26(16-22)40-28-17-27(33-19-34-28)35-36(3)4/h6-9,14,16-17,19H,5,10-13,15,18H2,1-4H3,(H,33,34,35). The molecule has 0 amide bonds. The first-order valence-electron chi connectivity index (χ1n) is 13.2. The van der Waals surface area contributed by atoms with Crippen LogP contribution in [0.2, 0.25) is 0 Å². The first kappa shape index (κ1) is 29.4. The number of hydrogen-bond acceptors (Lipinski definition) is 8. The van der Waals surface area contributed by atoms with E-state index < -0.39 is 11.7 Å². The minimum Gasteiger partial charge on any atom is -0.439 e. The number of hydrogen-bond donors (Lipinski definition) is 1. The molecule has 11 heteroatoms. The second kappa shape index (κ2) is 12.8. The summed E-state index contributed by atoms with van der Waals surface area (Å²) in [6.07, 6.45) is -3.31. The number of likely N-dealkylation sites (N-methyl/N-ethyl adjacent to an activating group) is 1. The second-order valence-corrected chi connectivity index (χ2v) is 10.1. The Bertz CT molecular complexity index is 1320. The zero-order valence-electron chi connectivity index (χ0n) is 23.3. The lowest BCUT2D eigenvalue weighted by molar-refractivity contribution is -0.138. The number of aromatic nitrogens is 2. The van der Waals surface area contributed by atoms with Crippen LogP contribution in [-0.4, -0.2) is 77.4 Å². The smallest absolute Gasteiger partial charge is 0.416 e. The van der Waals surface area contributed by atoms with Crippen LogP contribution >= 0.6 is 0 Å². The summed E-state index contributed by atoms with van der Waals surface area (Å²) in [5.41, 5.74) is 3.99. The van der Waals surface area contributed by atoms with Crippen molar-refractivity contribution >= 4 is 11.6 Å². The molecule has 4 rings (SSSR count). The highest BCUT2D eigenvalue weighted by molar-refractivity contribution is 5.98. The van der Waals surface area contributed by atoms with Crippen LogP contribution in [0.25, 0.3) is 0 Å². The summed E-state index contributed by atoms with van der Waals surface area (Å²) in [4.78, 5) is 25.7. The van der Waals surface area contributed by atoms with Gasteiger partial charge in [-0.25, -0.2) is 15.0 Å². The van der Waals surface area contributed by atoms with Crippen molar-refractivity contribution in [1.82, 2.24) is 24.8 Å². The van der Waals surface area contributed by atoms with E-state index in [0.717, 1.165) is 44.4 Å². The quantitative estimate of drug-likeness (QED) is 0.275. The largest absolute Gasteiger partial charge is 0.439 e. The summed E-state index contributed by atoms with van der Waals surface area (Å²) in [6.45, 7) is 8.23. The third kappa shape index (κ3) is 7.77. The third-order valence-corrected chi connectivity index (χ3v) is 6.86. The predicted octanol–water partition coefficient (Wildman–Crippen LogP) is 5.05. The van der Waals surface area contributed by atoms with Crippen molar-refractivity contribution in [2.24, 2.45) is 0 Å². The monoisotopic (exact) mass is 556 g/mol. The zero-order chi connectivity index (χ0) is 28.9. The number of benzene rings is 2. The molecule has 1 fully saturated rings. The highest BCUT2D eigenvalue weighted by atomic mass is 19.4. The Labute approximate surface area is 232 Å². The van der Waals surface area contributed by atoms with Crippen molar-refractivity contribution in [2.45, 2.75) is 33.0 Å². The van der Waals surface area contributed by atoms with Gasteiger partial charge in [0.05, 0.1) is 5.56 Å². The Morgan fingerprint density at radius 3 is 2.42 bits per heavy atom. The van der Waals surface area contributed by atoms with E-state index in [2.05, 4.69) is 27.2 Å². The number of ketones is 1. The SMILES string of the molecule is CCN1CCN(Cc2ccc(CC(=O)c3ccc(C)c(Oc4cc(NN(C)C)ncn4)c3)cc2C(F)(F)F)CC1. The van der Waals surface area contributed by atoms with E-state index in [4.69, 9.17) is 4.74 Å². The van der Waals surface area contributed by atoms with Gasteiger partial charge in [0.1, 0.15) is 17.9 Å². The van der Waals surface area contributed by atoms with E-state index in [9.17, 15) is 18.0 Å². The maximum Gasteiger partial charge on any atom is 0.416 e. The average molecular weight is 557 g/mol. The zero-order valence-corrected chi connectivity index (χ0v) is 23.3. The van der Waals surface area contributed by atoms with Gasteiger partial charge in [0, 0.05) is 64.9 Å². The molecule has 1 aliphatic heterocycles. The molecular weight excluding hydrogens is 521 g/mol. The van der Waals surface area contributed by atoms with Crippen molar-refractivity contribution in [3.63, 3.8) is 0 Å². The second-order valence-electron chi connectivity index (χ2n) is 10.1. The Morgan fingerprint density at radius 2 is 1.75 bits per heavy atom.